The molecule has 0 radical (unpaired) electrons. The van der Waals surface area contributed by atoms with Crippen molar-refractivity contribution in [2.75, 3.05) is 0 Å². The van der Waals surface area contributed by atoms with Gasteiger partial charge in [0.15, 0.2) is 0 Å². The first-order chi connectivity index (χ1) is 4.00. The molecule has 0 fully saturated rings. The first kappa shape index (κ1) is 12.5. The molecule has 0 aliphatic heterocycles. The van der Waals surface area contributed by atoms with Gasteiger partial charge in [0.2, 0.25) is 0 Å². The monoisotopic (exact) mass is 169 g/mol. The van der Waals surface area contributed by atoms with Crippen LogP contribution in [-0.2, 0) is 10.3 Å². The number of nitrogens with two attached hydrogens (primary N) is 1. The normalized spacial score (nSPS) is 11.8. The third-order valence-corrected chi connectivity index (χ3v) is 0. The van der Waals surface area contributed by atoms with E-state index in [0.717, 1.165) is 0 Å². The van der Waals surface area contributed by atoms with Crippen LogP contribution in [0.25, 0.3) is 0 Å². The van der Waals surface area contributed by atoms with Crippen molar-refractivity contribution >= 4 is 10.3 Å². The summed E-state index contributed by atoms with van der Waals surface area (Å²) in [7, 11) is -4.17. The zero-order valence-electron chi connectivity index (χ0n) is 6.75. The Balaban J connectivity index is 0. The van der Waals surface area contributed by atoms with Crippen molar-refractivity contribution in [1.29, 1.82) is 0 Å². The summed E-state index contributed by atoms with van der Waals surface area (Å²) in [5.74, 6) is 0. The highest BCUT2D eigenvalue weighted by Gasteiger charge is 1.95. The molecule has 0 atom stereocenters. The standard InChI is InChI=1S/C5H12.H3NO3S/c2*1-5(2,3)4/h1-4H3;(H3,1,2,3,4). The lowest BCUT2D eigenvalue weighted by Crippen LogP contribution is -2.08. The molecule has 0 aromatic heterocycles. The van der Waals surface area contributed by atoms with Gasteiger partial charge in [-0.3, -0.25) is 4.55 Å². The second kappa shape index (κ2) is 3.90. The van der Waals surface area contributed by atoms with Gasteiger partial charge in [0.05, 0.1) is 0 Å². The molecule has 0 aromatic rings. The molecule has 0 rings (SSSR count). The Kier molecular flexibility index (Phi) is 4.89. The average Bonchev–Trinajstić information content (AvgIpc) is 1.12. The molecule has 3 N–H and O–H groups in total. The van der Waals surface area contributed by atoms with E-state index >= 15 is 0 Å². The Bertz CT molecular complexity index is 152. The largest absolute Gasteiger partial charge is 0.330 e. The van der Waals surface area contributed by atoms with E-state index in [-0.39, 0.29) is 0 Å². The molecular formula is C5H15NO3S. The topological polar surface area (TPSA) is 80.4 Å². The van der Waals surface area contributed by atoms with E-state index in [1.807, 2.05) is 0 Å². The van der Waals surface area contributed by atoms with Crippen molar-refractivity contribution < 1.29 is 13.0 Å². The maximum atomic E-state index is 8.97. The van der Waals surface area contributed by atoms with Crippen molar-refractivity contribution in [3.8, 4) is 0 Å². The van der Waals surface area contributed by atoms with Gasteiger partial charge in [0, 0.05) is 0 Å². The summed E-state index contributed by atoms with van der Waals surface area (Å²) in [6.45, 7) is 8.75. The molecule has 0 aliphatic carbocycles. The molecular weight excluding hydrogens is 154 g/mol. The summed E-state index contributed by atoms with van der Waals surface area (Å²) in [6.07, 6.45) is 0. The van der Waals surface area contributed by atoms with E-state index < -0.39 is 10.3 Å². The number of rotatable bonds is 0. The van der Waals surface area contributed by atoms with E-state index in [0.29, 0.717) is 5.41 Å². The third-order valence-electron chi connectivity index (χ3n) is 0. The minimum atomic E-state index is -4.17. The fraction of sp³-hybridized carbons (Fsp3) is 1.00. The molecule has 10 heavy (non-hydrogen) atoms. The van der Waals surface area contributed by atoms with Gasteiger partial charge in [-0.25, -0.2) is 5.14 Å². The first-order valence-electron chi connectivity index (χ1n) is 2.75. The van der Waals surface area contributed by atoms with Crippen LogP contribution in [0.5, 0.6) is 0 Å². The summed E-state index contributed by atoms with van der Waals surface area (Å²) >= 11 is 0. The fourth-order valence-electron chi connectivity index (χ4n) is 0. The van der Waals surface area contributed by atoms with E-state index in [1.165, 1.54) is 0 Å². The average molecular weight is 169 g/mol. The molecule has 0 spiro atoms. The van der Waals surface area contributed by atoms with Crippen LogP contribution in [0, 0.1) is 5.41 Å². The van der Waals surface area contributed by atoms with Gasteiger partial charge in [-0.05, 0) is 5.41 Å². The second-order valence-electron chi connectivity index (χ2n) is 3.51. The van der Waals surface area contributed by atoms with Crippen molar-refractivity contribution in [1.82, 2.24) is 0 Å². The van der Waals surface area contributed by atoms with Gasteiger partial charge in [0.1, 0.15) is 0 Å². The Morgan fingerprint density at radius 3 is 1.20 bits per heavy atom. The number of hydrogen-bond acceptors (Lipinski definition) is 2. The molecule has 0 saturated heterocycles. The quantitative estimate of drug-likeness (QED) is 0.526. The Labute approximate surface area is 62.3 Å². The van der Waals surface area contributed by atoms with Crippen molar-refractivity contribution in [2.45, 2.75) is 27.7 Å². The lowest BCUT2D eigenvalue weighted by atomic mass is 10.0. The lowest BCUT2D eigenvalue weighted by molar-refractivity contribution is 0.469. The van der Waals surface area contributed by atoms with Gasteiger partial charge in [-0.15, -0.1) is 0 Å². The summed E-state index contributed by atoms with van der Waals surface area (Å²) in [6, 6.07) is 0. The molecule has 0 amide bonds. The molecule has 5 heteroatoms. The van der Waals surface area contributed by atoms with Crippen LogP contribution in [0.4, 0.5) is 0 Å². The maximum absolute atomic E-state index is 8.97. The molecule has 4 nitrogen and oxygen atoms in total. The Morgan fingerprint density at radius 2 is 1.20 bits per heavy atom. The SMILES string of the molecule is CC(C)(C)C.NS(=O)(=O)O. The highest BCUT2D eigenvalue weighted by molar-refractivity contribution is 7.83. The van der Waals surface area contributed by atoms with Crippen LogP contribution in [0.15, 0.2) is 0 Å². The number of hydrogen-bond donors (Lipinski definition) is 2. The van der Waals surface area contributed by atoms with Crippen molar-refractivity contribution in [2.24, 2.45) is 10.6 Å². The predicted octanol–water partition coefficient (Wildman–Crippen LogP) is 0.800. The highest BCUT2D eigenvalue weighted by Crippen LogP contribution is 2.07. The lowest BCUT2D eigenvalue weighted by Gasteiger charge is -2.05. The Morgan fingerprint density at radius 1 is 1.20 bits per heavy atom. The molecule has 0 saturated carbocycles. The maximum Gasteiger partial charge on any atom is 0.330 e. The van der Waals surface area contributed by atoms with Gasteiger partial charge in [0.25, 0.3) is 0 Å². The van der Waals surface area contributed by atoms with Crippen LogP contribution < -0.4 is 5.14 Å². The van der Waals surface area contributed by atoms with Gasteiger partial charge < -0.3 is 0 Å². The highest BCUT2D eigenvalue weighted by atomic mass is 32.2. The van der Waals surface area contributed by atoms with Crippen LogP contribution in [0.1, 0.15) is 27.7 Å². The van der Waals surface area contributed by atoms with Crippen LogP contribution in [-0.4, -0.2) is 13.0 Å². The minimum Gasteiger partial charge on any atom is -0.274 e. The first-order valence-corrected chi connectivity index (χ1v) is 4.25. The molecule has 0 aromatic carbocycles. The third kappa shape index (κ3) is 22000. The van der Waals surface area contributed by atoms with E-state index in [1.54, 1.807) is 0 Å². The molecule has 0 aliphatic rings. The van der Waals surface area contributed by atoms with Crippen molar-refractivity contribution in [3.63, 3.8) is 0 Å². The van der Waals surface area contributed by atoms with Crippen LogP contribution in [0.2, 0.25) is 0 Å². The fourth-order valence-corrected chi connectivity index (χ4v) is 0. The van der Waals surface area contributed by atoms with Crippen LogP contribution in [0.3, 0.4) is 0 Å². The molecule has 64 valence electrons. The summed E-state index contributed by atoms with van der Waals surface area (Å²) in [4.78, 5) is 0. The molecule has 0 heterocycles. The second-order valence-corrected chi connectivity index (χ2v) is 4.54. The zero-order chi connectivity index (χ0) is 9.00. The van der Waals surface area contributed by atoms with E-state index in [9.17, 15) is 0 Å². The summed E-state index contributed by atoms with van der Waals surface area (Å²) in [5.41, 5.74) is 0.500. The minimum absolute atomic E-state index is 0.500. The molecule has 0 bridgehead atoms. The summed E-state index contributed by atoms with van der Waals surface area (Å²) < 4.78 is 25.2. The van der Waals surface area contributed by atoms with Gasteiger partial charge in [-0.2, -0.15) is 8.42 Å². The Hall–Kier alpha value is -0.130. The van der Waals surface area contributed by atoms with Crippen LogP contribution >= 0.6 is 0 Å². The summed E-state index contributed by atoms with van der Waals surface area (Å²) in [5, 5.41) is 3.88. The van der Waals surface area contributed by atoms with E-state index in [2.05, 4.69) is 32.8 Å². The van der Waals surface area contributed by atoms with Crippen molar-refractivity contribution in [3.05, 3.63) is 0 Å². The molecule has 0 unspecified atom stereocenters. The van der Waals surface area contributed by atoms with Gasteiger partial charge in [-0.1, -0.05) is 27.7 Å². The smallest absolute Gasteiger partial charge is 0.274 e. The van der Waals surface area contributed by atoms with E-state index in [4.69, 9.17) is 13.0 Å². The predicted molar refractivity (Wildman–Crippen MR) is 40.9 cm³/mol. The zero-order valence-corrected chi connectivity index (χ0v) is 7.57. The van der Waals surface area contributed by atoms with Gasteiger partial charge >= 0.3 is 10.3 Å².